The fourth-order valence-electron chi connectivity index (χ4n) is 3.88. The van der Waals surface area contributed by atoms with Crippen molar-refractivity contribution in [1.29, 1.82) is 0 Å². The lowest BCUT2D eigenvalue weighted by Crippen LogP contribution is -2.42. The molecular formula is C17H28N2S. The third-order valence-corrected chi connectivity index (χ3v) is 6.50. The van der Waals surface area contributed by atoms with Gasteiger partial charge in [0.25, 0.3) is 0 Å². The molecule has 2 unspecified atom stereocenters. The zero-order chi connectivity index (χ0) is 14.0. The van der Waals surface area contributed by atoms with Crippen LogP contribution in [0.2, 0.25) is 0 Å². The smallest absolute Gasteiger partial charge is 0.113 e. The minimum atomic E-state index is 0.182. The molecule has 20 heavy (non-hydrogen) atoms. The first kappa shape index (κ1) is 14.5. The molecule has 0 spiro atoms. The molecule has 0 aliphatic heterocycles. The first-order chi connectivity index (χ1) is 9.73. The number of thiazole rings is 1. The van der Waals surface area contributed by atoms with Gasteiger partial charge in [-0.15, -0.1) is 11.3 Å². The van der Waals surface area contributed by atoms with Gasteiger partial charge in [0, 0.05) is 4.88 Å². The van der Waals surface area contributed by atoms with Crippen LogP contribution >= 0.6 is 11.3 Å². The largest absolute Gasteiger partial charge is 0.306 e. The Labute approximate surface area is 127 Å². The summed E-state index contributed by atoms with van der Waals surface area (Å²) < 4.78 is 0. The fourth-order valence-corrected chi connectivity index (χ4v) is 5.25. The van der Waals surface area contributed by atoms with E-state index in [1.54, 1.807) is 4.88 Å². The van der Waals surface area contributed by atoms with Gasteiger partial charge in [0.15, 0.2) is 0 Å². The molecule has 1 aromatic rings. The van der Waals surface area contributed by atoms with E-state index in [2.05, 4.69) is 19.2 Å². The van der Waals surface area contributed by atoms with E-state index in [1.807, 2.05) is 11.3 Å². The fraction of sp³-hybridized carbons (Fsp3) is 0.824. The number of nitrogens with zero attached hydrogens (tertiary/aromatic N) is 1. The maximum absolute atomic E-state index is 5.09. The van der Waals surface area contributed by atoms with Crippen LogP contribution in [-0.4, -0.2) is 11.5 Å². The summed E-state index contributed by atoms with van der Waals surface area (Å²) in [6.07, 6.45) is 11.8. The van der Waals surface area contributed by atoms with Crippen molar-refractivity contribution in [3.8, 4) is 0 Å². The average molecular weight is 292 g/mol. The third-order valence-electron chi connectivity index (χ3n) is 5.13. The SMILES string of the molecule is CCNC1(c2nc3c(s2)CCCC3)CCCC(C)CC1. The van der Waals surface area contributed by atoms with Crippen LogP contribution in [0, 0.1) is 5.92 Å². The van der Waals surface area contributed by atoms with Crippen LogP contribution in [0.1, 0.15) is 74.4 Å². The second-order valence-corrected chi connectivity index (χ2v) is 7.83. The summed E-state index contributed by atoms with van der Waals surface area (Å²) in [7, 11) is 0. The Morgan fingerprint density at radius 3 is 2.85 bits per heavy atom. The molecule has 1 aromatic heterocycles. The van der Waals surface area contributed by atoms with Crippen molar-refractivity contribution in [2.75, 3.05) is 6.54 Å². The third kappa shape index (κ3) is 2.80. The maximum atomic E-state index is 5.09. The van der Waals surface area contributed by atoms with E-state index in [9.17, 15) is 0 Å². The highest BCUT2D eigenvalue weighted by Gasteiger charge is 2.37. The molecule has 3 heteroatoms. The number of hydrogen-bond acceptors (Lipinski definition) is 3. The molecule has 1 heterocycles. The van der Waals surface area contributed by atoms with Crippen molar-refractivity contribution >= 4 is 11.3 Å². The summed E-state index contributed by atoms with van der Waals surface area (Å²) in [5, 5.41) is 5.23. The standard InChI is InChI=1S/C17H28N2S/c1-3-18-17(11-6-7-13(2)10-12-17)16-19-14-8-4-5-9-15(14)20-16/h13,18H,3-12H2,1-2H3. The van der Waals surface area contributed by atoms with Crippen molar-refractivity contribution in [3.05, 3.63) is 15.6 Å². The average Bonchev–Trinajstić information content (AvgIpc) is 2.80. The summed E-state index contributed by atoms with van der Waals surface area (Å²) in [4.78, 5) is 6.67. The monoisotopic (exact) mass is 292 g/mol. The molecule has 1 saturated carbocycles. The van der Waals surface area contributed by atoms with Gasteiger partial charge in [-0.2, -0.15) is 0 Å². The van der Waals surface area contributed by atoms with E-state index < -0.39 is 0 Å². The van der Waals surface area contributed by atoms with Crippen molar-refractivity contribution in [2.45, 2.75) is 77.2 Å². The highest BCUT2D eigenvalue weighted by Crippen LogP contribution is 2.41. The number of fused-ring (bicyclic) bond motifs is 1. The lowest BCUT2D eigenvalue weighted by Gasteiger charge is -2.32. The Bertz CT molecular complexity index is 430. The van der Waals surface area contributed by atoms with Crippen molar-refractivity contribution < 1.29 is 0 Å². The van der Waals surface area contributed by atoms with Crippen molar-refractivity contribution in [3.63, 3.8) is 0 Å². The molecule has 112 valence electrons. The predicted molar refractivity (Wildman–Crippen MR) is 86.4 cm³/mol. The molecule has 0 bridgehead atoms. The van der Waals surface area contributed by atoms with Crippen LogP contribution in [0.25, 0.3) is 0 Å². The van der Waals surface area contributed by atoms with Crippen LogP contribution in [0.3, 0.4) is 0 Å². The first-order valence-corrected chi connectivity index (χ1v) is 9.29. The van der Waals surface area contributed by atoms with Gasteiger partial charge in [-0.1, -0.05) is 26.7 Å². The second-order valence-electron chi connectivity index (χ2n) is 6.74. The predicted octanol–water partition coefficient (Wildman–Crippen LogP) is 4.43. The summed E-state index contributed by atoms with van der Waals surface area (Å²) in [6.45, 7) is 5.71. The summed E-state index contributed by atoms with van der Waals surface area (Å²) in [6, 6.07) is 0. The van der Waals surface area contributed by atoms with E-state index in [1.165, 1.54) is 68.5 Å². The van der Waals surface area contributed by atoms with E-state index in [0.29, 0.717) is 0 Å². The molecule has 2 aliphatic carbocycles. The van der Waals surface area contributed by atoms with Crippen LogP contribution in [-0.2, 0) is 18.4 Å². The molecule has 2 aliphatic rings. The van der Waals surface area contributed by atoms with E-state index in [0.717, 1.165) is 12.5 Å². The highest BCUT2D eigenvalue weighted by molar-refractivity contribution is 7.11. The number of rotatable bonds is 3. The van der Waals surface area contributed by atoms with Gasteiger partial charge in [-0.05, 0) is 57.4 Å². The molecule has 0 radical (unpaired) electrons. The quantitative estimate of drug-likeness (QED) is 0.834. The van der Waals surface area contributed by atoms with Gasteiger partial charge < -0.3 is 5.32 Å². The Kier molecular flexibility index (Phi) is 4.46. The van der Waals surface area contributed by atoms with Gasteiger partial charge >= 0.3 is 0 Å². The Balaban J connectivity index is 1.90. The van der Waals surface area contributed by atoms with E-state index in [4.69, 9.17) is 4.98 Å². The van der Waals surface area contributed by atoms with Gasteiger partial charge in [-0.3, -0.25) is 0 Å². The summed E-state index contributed by atoms with van der Waals surface area (Å²) in [5.41, 5.74) is 1.60. The Hall–Kier alpha value is -0.410. The van der Waals surface area contributed by atoms with Gasteiger partial charge in [0.05, 0.1) is 11.2 Å². The molecule has 1 fully saturated rings. The number of nitrogens with one attached hydrogen (secondary N) is 1. The van der Waals surface area contributed by atoms with Crippen LogP contribution in [0.4, 0.5) is 0 Å². The van der Waals surface area contributed by atoms with Crippen molar-refractivity contribution in [2.24, 2.45) is 5.92 Å². The molecule has 0 aromatic carbocycles. The maximum Gasteiger partial charge on any atom is 0.113 e. The molecule has 0 saturated heterocycles. The summed E-state index contributed by atoms with van der Waals surface area (Å²) >= 11 is 2.02. The zero-order valence-corrected chi connectivity index (χ0v) is 13.8. The summed E-state index contributed by atoms with van der Waals surface area (Å²) in [5.74, 6) is 0.880. The molecule has 2 atom stereocenters. The molecule has 3 rings (SSSR count). The number of aryl methyl sites for hydroxylation is 2. The van der Waals surface area contributed by atoms with Crippen molar-refractivity contribution in [1.82, 2.24) is 10.3 Å². The Morgan fingerprint density at radius 1 is 1.20 bits per heavy atom. The minimum Gasteiger partial charge on any atom is -0.306 e. The van der Waals surface area contributed by atoms with E-state index in [-0.39, 0.29) is 5.54 Å². The molecule has 0 amide bonds. The lowest BCUT2D eigenvalue weighted by molar-refractivity contribution is 0.291. The van der Waals surface area contributed by atoms with Crippen LogP contribution in [0.5, 0.6) is 0 Å². The van der Waals surface area contributed by atoms with E-state index >= 15 is 0 Å². The normalized spacial score (nSPS) is 30.8. The molecule has 2 nitrogen and oxygen atoms in total. The number of aromatic nitrogens is 1. The lowest BCUT2D eigenvalue weighted by atomic mass is 9.90. The first-order valence-electron chi connectivity index (χ1n) is 8.47. The van der Waals surface area contributed by atoms with Gasteiger partial charge in [0.1, 0.15) is 5.01 Å². The Morgan fingerprint density at radius 2 is 2.05 bits per heavy atom. The highest BCUT2D eigenvalue weighted by atomic mass is 32.1. The van der Waals surface area contributed by atoms with Gasteiger partial charge in [-0.25, -0.2) is 4.98 Å². The zero-order valence-electron chi connectivity index (χ0n) is 13.0. The molecule has 1 N–H and O–H groups in total. The minimum absolute atomic E-state index is 0.182. The van der Waals surface area contributed by atoms with Crippen LogP contribution < -0.4 is 5.32 Å². The number of hydrogen-bond donors (Lipinski definition) is 1. The van der Waals surface area contributed by atoms with Gasteiger partial charge in [0.2, 0.25) is 0 Å². The van der Waals surface area contributed by atoms with Crippen LogP contribution in [0.15, 0.2) is 0 Å². The second kappa shape index (κ2) is 6.15. The molecular weight excluding hydrogens is 264 g/mol. The topological polar surface area (TPSA) is 24.9 Å².